The highest BCUT2D eigenvalue weighted by molar-refractivity contribution is 7.10. The molecule has 1 saturated carbocycles. The molecule has 1 fully saturated rings. The molecule has 2 rings (SSSR count). The van der Waals surface area contributed by atoms with Gasteiger partial charge in [0.15, 0.2) is 5.96 Å². The van der Waals surface area contributed by atoms with E-state index >= 15 is 0 Å². The lowest BCUT2D eigenvalue weighted by Gasteiger charge is -2.25. The van der Waals surface area contributed by atoms with Crippen molar-refractivity contribution in [1.82, 2.24) is 10.6 Å². The highest BCUT2D eigenvalue weighted by Gasteiger charge is 2.28. The predicted octanol–water partition coefficient (Wildman–Crippen LogP) is 3.60. The lowest BCUT2D eigenvalue weighted by atomic mass is 9.89. The van der Waals surface area contributed by atoms with Gasteiger partial charge in [0, 0.05) is 30.9 Å². The second-order valence-electron chi connectivity index (χ2n) is 6.24. The van der Waals surface area contributed by atoms with Gasteiger partial charge in [-0.2, -0.15) is 0 Å². The largest absolute Gasteiger partial charge is 0.356 e. The quantitative estimate of drug-likeness (QED) is 0.643. The SMILES string of the molecule is CN=C(NCC(C)c1cccs1)NCC1(C)CCCC1. The maximum atomic E-state index is 4.33. The summed E-state index contributed by atoms with van der Waals surface area (Å²) in [6.45, 7) is 6.59. The minimum absolute atomic E-state index is 0.455. The van der Waals surface area contributed by atoms with Crippen LogP contribution in [0.4, 0.5) is 0 Å². The third-order valence-electron chi connectivity index (χ3n) is 4.32. The summed E-state index contributed by atoms with van der Waals surface area (Å²) in [5.74, 6) is 1.46. The molecule has 0 aliphatic heterocycles. The fourth-order valence-electron chi connectivity index (χ4n) is 2.85. The first-order valence-corrected chi connectivity index (χ1v) is 8.49. The topological polar surface area (TPSA) is 36.4 Å². The fourth-order valence-corrected chi connectivity index (χ4v) is 3.63. The highest BCUT2D eigenvalue weighted by atomic mass is 32.1. The first-order valence-electron chi connectivity index (χ1n) is 7.61. The van der Waals surface area contributed by atoms with Crippen molar-refractivity contribution >= 4 is 17.3 Å². The molecular formula is C16H27N3S. The molecule has 1 aromatic heterocycles. The summed E-state index contributed by atoms with van der Waals surface area (Å²) in [5, 5.41) is 9.08. The van der Waals surface area contributed by atoms with E-state index in [1.54, 1.807) is 0 Å². The molecule has 2 N–H and O–H groups in total. The Morgan fingerprint density at radius 2 is 2.15 bits per heavy atom. The van der Waals surface area contributed by atoms with Crippen LogP contribution in [0.15, 0.2) is 22.5 Å². The molecule has 3 nitrogen and oxygen atoms in total. The van der Waals surface area contributed by atoms with Crippen molar-refractivity contribution in [3.63, 3.8) is 0 Å². The molecule has 1 unspecified atom stereocenters. The third-order valence-corrected chi connectivity index (χ3v) is 5.43. The van der Waals surface area contributed by atoms with Gasteiger partial charge in [-0.05, 0) is 29.7 Å². The van der Waals surface area contributed by atoms with Crippen molar-refractivity contribution in [2.75, 3.05) is 20.1 Å². The van der Waals surface area contributed by atoms with Gasteiger partial charge in [0.05, 0.1) is 0 Å². The monoisotopic (exact) mass is 293 g/mol. The number of hydrogen-bond acceptors (Lipinski definition) is 2. The number of nitrogens with zero attached hydrogens (tertiary/aromatic N) is 1. The van der Waals surface area contributed by atoms with Crippen molar-refractivity contribution in [2.24, 2.45) is 10.4 Å². The van der Waals surface area contributed by atoms with Crippen molar-refractivity contribution in [3.05, 3.63) is 22.4 Å². The smallest absolute Gasteiger partial charge is 0.191 e. The van der Waals surface area contributed by atoms with E-state index in [1.807, 2.05) is 18.4 Å². The Labute approximate surface area is 126 Å². The van der Waals surface area contributed by atoms with Gasteiger partial charge in [-0.25, -0.2) is 0 Å². The summed E-state index contributed by atoms with van der Waals surface area (Å²) >= 11 is 1.82. The molecule has 1 aromatic rings. The van der Waals surface area contributed by atoms with E-state index < -0.39 is 0 Å². The van der Waals surface area contributed by atoms with Crippen LogP contribution in [0, 0.1) is 5.41 Å². The Hall–Kier alpha value is -1.03. The van der Waals surface area contributed by atoms with Gasteiger partial charge in [0.25, 0.3) is 0 Å². The number of guanidine groups is 1. The summed E-state index contributed by atoms with van der Waals surface area (Å²) in [6.07, 6.45) is 5.42. The molecule has 1 atom stereocenters. The normalized spacial score (nSPS) is 19.9. The molecular weight excluding hydrogens is 266 g/mol. The van der Waals surface area contributed by atoms with Gasteiger partial charge < -0.3 is 10.6 Å². The van der Waals surface area contributed by atoms with E-state index in [0.717, 1.165) is 19.0 Å². The van der Waals surface area contributed by atoms with E-state index in [2.05, 4.69) is 47.0 Å². The molecule has 0 spiro atoms. The first-order chi connectivity index (χ1) is 9.63. The average molecular weight is 293 g/mol. The predicted molar refractivity (Wildman–Crippen MR) is 88.7 cm³/mol. The number of thiophene rings is 1. The Kier molecular flexibility index (Phi) is 5.46. The highest BCUT2D eigenvalue weighted by Crippen LogP contribution is 2.36. The van der Waals surface area contributed by atoms with Crippen LogP contribution in [-0.4, -0.2) is 26.1 Å². The molecule has 0 aromatic carbocycles. The van der Waals surface area contributed by atoms with Crippen LogP contribution in [0.5, 0.6) is 0 Å². The van der Waals surface area contributed by atoms with E-state index in [0.29, 0.717) is 11.3 Å². The Balaban J connectivity index is 1.75. The second-order valence-corrected chi connectivity index (χ2v) is 7.22. The molecule has 1 heterocycles. The number of nitrogens with one attached hydrogen (secondary N) is 2. The lowest BCUT2D eigenvalue weighted by molar-refractivity contribution is 0.334. The zero-order chi connectivity index (χ0) is 14.4. The molecule has 0 bridgehead atoms. The molecule has 0 radical (unpaired) electrons. The van der Waals surface area contributed by atoms with Crippen LogP contribution in [0.1, 0.15) is 50.3 Å². The van der Waals surface area contributed by atoms with Gasteiger partial charge in [-0.1, -0.05) is 32.8 Å². The van der Waals surface area contributed by atoms with Crippen molar-refractivity contribution in [1.29, 1.82) is 0 Å². The molecule has 4 heteroatoms. The molecule has 20 heavy (non-hydrogen) atoms. The summed E-state index contributed by atoms with van der Waals surface area (Å²) in [7, 11) is 1.85. The van der Waals surface area contributed by atoms with Crippen LogP contribution in [0.3, 0.4) is 0 Å². The summed E-state index contributed by atoms with van der Waals surface area (Å²) in [5.41, 5.74) is 0.455. The Morgan fingerprint density at radius 1 is 1.40 bits per heavy atom. The number of aliphatic imine (C=N–C) groups is 1. The van der Waals surface area contributed by atoms with Crippen LogP contribution in [0.25, 0.3) is 0 Å². The van der Waals surface area contributed by atoms with Gasteiger partial charge in [-0.3, -0.25) is 4.99 Å². The van der Waals surface area contributed by atoms with Gasteiger partial charge in [-0.15, -0.1) is 11.3 Å². The lowest BCUT2D eigenvalue weighted by Crippen LogP contribution is -2.43. The summed E-state index contributed by atoms with van der Waals surface area (Å²) in [4.78, 5) is 5.76. The van der Waals surface area contributed by atoms with E-state index in [-0.39, 0.29) is 0 Å². The summed E-state index contributed by atoms with van der Waals surface area (Å²) in [6, 6.07) is 4.32. The number of hydrogen-bond donors (Lipinski definition) is 2. The zero-order valence-electron chi connectivity index (χ0n) is 12.9. The van der Waals surface area contributed by atoms with Gasteiger partial charge >= 0.3 is 0 Å². The van der Waals surface area contributed by atoms with Crippen LogP contribution in [-0.2, 0) is 0 Å². The Morgan fingerprint density at radius 3 is 2.75 bits per heavy atom. The zero-order valence-corrected chi connectivity index (χ0v) is 13.7. The van der Waals surface area contributed by atoms with Gasteiger partial charge in [0.1, 0.15) is 0 Å². The second kappa shape index (κ2) is 7.11. The van der Waals surface area contributed by atoms with Crippen LogP contribution < -0.4 is 10.6 Å². The van der Waals surface area contributed by atoms with Crippen molar-refractivity contribution < 1.29 is 0 Å². The average Bonchev–Trinajstić information content (AvgIpc) is 3.10. The van der Waals surface area contributed by atoms with E-state index in [9.17, 15) is 0 Å². The first kappa shape index (κ1) is 15.4. The van der Waals surface area contributed by atoms with Crippen LogP contribution >= 0.6 is 11.3 Å². The van der Waals surface area contributed by atoms with E-state index in [1.165, 1.54) is 30.6 Å². The van der Waals surface area contributed by atoms with Crippen LogP contribution in [0.2, 0.25) is 0 Å². The number of rotatable bonds is 5. The van der Waals surface area contributed by atoms with Crippen molar-refractivity contribution in [2.45, 2.75) is 45.4 Å². The standard InChI is InChI=1S/C16H27N3S/c1-13(14-7-6-10-20-14)11-18-15(17-3)19-12-16(2)8-4-5-9-16/h6-7,10,13H,4-5,8-9,11-12H2,1-3H3,(H2,17,18,19). The minimum atomic E-state index is 0.455. The Bertz CT molecular complexity index is 419. The maximum Gasteiger partial charge on any atom is 0.191 e. The van der Waals surface area contributed by atoms with Gasteiger partial charge in [0.2, 0.25) is 0 Å². The summed E-state index contributed by atoms with van der Waals surface area (Å²) < 4.78 is 0. The third kappa shape index (κ3) is 4.23. The minimum Gasteiger partial charge on any atom is -0.356 e. The molecule has 0 saturated heterocycles. The fraction of sp³-hybridized carbons (Fsp3) is 0.688. The van der Waals surface area contributed by atoms with E-state index in [4.69, 9.17) is 0 Å². The van der Waals surface area contributed by atoms with Crippen molar-refractivity contribution in [3.8, 4) is 0 Å². The molecule has 0 amide bonds. The molecule has 1 aliphatic rings. The molecule has 112 valence electrons. The maximum absolute atomic E-state index is 4.33. The molecule has 1 aliphatic carbocycles.